The molecule has 100 valence electrons. The lowest BCUT2D eigenvalue weighted by Crippen LogP contribution is -2.01. The molecule has 0 aliphatic rings. The number of halogens is 2. The van der Waals surface area contributed by atoms with Gasteiger partial charge in [-0.15, -0.1) is 0 Å². The second kappa shape index (κ2) is 5.48. The average molecular weight is 281 g/mol. The zero-order chi connectivity index (χ0) is 14.0. The highest BCUT2D eigenvalue weighted by atomic mass is 32.2. The van der Waals surface area contributed by atoms with Crippen molar-refractivity contribution in [1.82, 2.24) is 0 Å². The molecule has 5 heteroatoms. The van der Waals surface area contributed by atoms with E-state index >= 15 is 0 Å². The molecule has 0 spiro atoms. The standard InChI is InChI=1S/C14H13F2NOS/c1-9-6-12(4-5-14(9)17)19(18)8-10-2-3-11(15)7-13(10)16/h2-7H,8,17H2,1H3. The Morgan fingerprint density at radius 2 is 1.89 bits per heavy atom. The summed E-state index contributed by atoms with van der Waals surface area (Å²) in [4.78, 5) is 0.579. The molecule has 0 saturated carbocycles. The van der Waals surface area contributed by atoms with Gasteiger partial charge in [-0.1, -0.05) is 6.07 Å². The molecule has 2 aromatic carbocycles. The van der Waals surface area contributed by atoms with Crippen molar-refractivity contribution in [2.45, 2.75) is 17.6 Å². The third kappa shape index (κ3) is 3.17. The summed E-state index contributed by atoms with van der Waals surface area (Å²) in [5, 5.41) is 0. The fourth-order valence-corrected chi connectivity index (χ4v) is 2.86. The van der Waals surface area contributed by atoms with Crippen LogP contribution in [0, 0.1) is 18.6 Å². The first-order chi connectivity index (χ1) is 8.97. The Morgan fingerprint density at radius 3 is 2.53 bits per heavy atom. The summed E-state index contributed by atoms with van der Waals surface area (Å²) in [5.74, 6) is -1.31. The Labute approximate surface area is 112 Å². The number of rotatable bonds is 3. The normalized spacial score (nSPS) is 12.4. The first-order valence-corrected chi connectivity index (χ1v) is 6.97. The van der Waals surface area contributed by atoms with E-state index in [-0.39, 0.29) is 11.3 Å². The van der Waals surface area contributed by atoms with E-state index in [0.717, 1.165) is 17.7 Å². The van der Waals surface area contributed by atoms with E-state index in [1.807, 2.05) is 6.92 Å². The largest absolute Gasteiger partial charge is 0.399 e. The highest BCUT2D eigenvalue weighted by molar-refractivity contribution is 7.84. The van der Waals surface area contributed by atoms with Gasteiger partial charge in [0.05, 0.1) is 16.6 Å². The van der Waals surface area contributed by atoms with Crippen LogP contribution in [0.2, 0.25) is 0 Å². The summed E-state index contributed by atoms with van der Waals surface area (Å²) in [5.41, 5.74) is 7.36. The molecule has 19 heavy (non-hydrogen) atoms. The van der Waals surface area contributed by atoms with E-state index in [0.29, 0.717) is 10.6 Å². The maximum Gasteiger partial charge on any atom is 0.130 e. The molecule has 0 fully saturated rings. The molecule has 0 aliphatic carbocycles. The van der Waals surface area contributed by atoms with Gasteiger partial charge in [-0.2, -0.15) is 0 Å². The van der Waals surface area contributed by atoms with Gasteiger partial charge in [-0.25, -0.2) is 8.78 Å². The van der Waals surface area contributed by atoms with Crippen molar-refractivity contribution >= 4 is 16.5 Å². The molecule has 0 heterocycles. The quantitative estimate of drug-likeness (QED) is 0.878. The molecule has 0 bridgehead atoms. The minimum absolute atomic E-state index is 0.00940. The van der Waals surface area contributed by atoms with Crippen LogP contribution < -0.4 is 5.73 Å². The van der Waals surface area contributed by atoms with Crippen LogP contribution in [0.1, 0.15) is 11.1 Å². The zero-order valence-electron chi connectivity index (χ0n) is 10.3. The number of nitrogen functional groups attached to an aromatic ring is 1. The van der Waals surface area contributed by atoms with Gasteiger partial charge in [-0.05, 0) is 36.8 Å². The molecule has 0 amide bonds. The topological polar surface area (TPSA) is 43.1 Å². The van der Waals surface area contributed by atoms with Gasteiger partial charge in [0.1, 0.15) is 11.6 Å². The summed E-state index contributed by atoms with van der Waals surface area (Å²) in [6.07, 6.45) is 0. The van der Waals surface area contributed by atoms with Crippen molar-refractivity contribution in [2.75, 3.05) is 5.73 Å². The van der Waals surface area contributed by atoms with Crippen LogP contribution in [0.5, 0.6) is 0 Å². The van der Waals surface area contributed by atoms with Crippen LogP contribution in [0.4, 0.5) is 14.5 Å². The Hall–Kier alpha value is -1.75. The second-order valence-corrected chi connectivity index (χ2v) is 5.70. The van der Waals surface area contributed by atoms with Crippen molar-refractivity contribution in [3.63, 3.8) is 0 Å². The molecule has 2 nitrogen and oxygen atoms in total. The van der Waals surface area contributed by atoms with Crippen molar-refractivity contribution < 1.29 is 13.0 Å². The molecule has 0 radical (unpaired) electrons. The molecule has 0 aromatic heterocycles. The summed E-state index contributed by atoms with van der Waals surface area (Å²) in [6, 6.07) is 8.30. The van der Waals surface area contributed by atoms with E-state index in [9.17, 15) is 13.0 Å². The third-order valence-corrected chi connectivity index (χ3v) is 4.16. The molecule has 2 N–H and O–H groups in total. The molecule has 0 aliphatic heterocycles. The Bertz CT molecular complexity index is 643. The fraction of sp³-hybridized carbons (Fsp3) is 0.143. The van der Waals surface area contributed by atoms with E-state index in [2.05, 4.69) is 0 Å². The Balaban J connectivity index is 2.23. The van der Waals surface area contributed by atoms with Crippen LogP contribution in [-0.4, -0.2) is 4.21 Å². The third-order valence-electron chi connectivity index (χ3n) is 2.81. The average Bonchev–Trinajstić information content (AvgIpc) is 2.36. The van der Waals surface area contributed by atoms with Crippen LogP contribution in [0.3, 0.4) is 0 Å². The molecular weight excluding hydrogens is 268 g/mol. The highest BCUT2D eigenvalue weighted by Crippen LogP contribution is 2.19. The van der Waals surface area contributed by atoms with Crippen LogP contribution >= 0.6 is 0 Å². The summed E-state index contributed by atoms with van der Waals surface area (Å²) >= 11 is 0. The molecule has 2 rings (SSSR count). The van der Waals surface area contributed by atoms with E-state index in [4.69, 9.17) is 5.73 Å². The zero-order valence-corrected chi connectivity index (χ0v) is 11.1. The van der Waals surface area contributed by atoms with Gasteiger partial charge < -0.3 is 5.73 Å². The van der Waals surface area contributed by atoms with Gasteiger partial charge in [-0.3, -0.25) is 4.21 Å². The summed E-state index contributed by atoms with van der Waals surface area (Å²) in [6.45, 7) is 1.81. The Morgan fingerprint density at radius 1 is 1.16 bits per heavy atom. The predicted octanol–water partition coefficient (Wildman–Crippen LogP) is 3.16. The lowest BCUT2D eigenvalue weighted by atomic mass is 10.2. The van der Waals surface area contributed by atoms with Crippen molar-refractivity contribution in [2.24, 2.45) is 0 Å². The maximum atomic E-state index is 13.5. The van der Waals surface area contributed by atoms with Gasteiger partial charge in [0.25, 0.3) is 0 Å². The molecular formula is C14H13F2NOS. The Kier molecular flexibility index (Phi) is 3.95. The number of aryl methyl sites for hydroxylation is 1. The second-order valence-electron chi connectivity index (χ2n) is 4.24. The monoisotopic (exact) mass is 281 g/mol. The molecule has 2 aromatic rings. The minimum atomic E-state index is -1.39. The summed E-state index contributed by atoms with van der Waals surface area (Å²) in [7, 11) is -1.39. The van der Waals surface area contributed by atoms with E-state index in [1.165, 1.54) is 6.07 Å². The molecule has 0 saturated heterocycles. The van der Waals surface area contributed by atoms with E-state index in [1.54, 1.807) is 18.2 Å². The van der Waals surface area contributed by atoms with Crippen molar-refractivity contribution in [3.8, 4) is 0 Å². The minimum Gasteiger partial charge on any atom is -0.399 e. The van der Waals surface area contributed by atoms with Crippen LogP contribution in [0.25, 0.3) is 0 Å². The highest BCUT2D eigenvalue weighted by Gasteiger charge is 2.10. The maximum absolute atomic E-state index is 13.5. The first-order valence-electron chi connectivity index (χ1n) is 5.66. The smallest absolute Gasteiger partial charge is 0.130 e. The van der Waals surface area contributed by atoms with Gasteiger partial charge >= 0.3 is 0 Å². The fourth-order valence-electron chi connectivity index (χ4n) is 1.65. The van der Waals surface area contributed by atoms with Gasteiger partial charge in [0.2, 0.25) is 0 Å². The predicted molar refractivity (Wildman–Crippen MR) is 72.1 cm³/mol. The number of hydrogen-bond acceptors (Lipinski definition) is 2. The number of hydrogen-bond donors (Lipinski definition) is 1. The van der Waals surface area contributed by atoms with Gasteiger partial charge in [0.15, 0.2) is 0 Å². The van der Waals surface area contributed by atoms with Crippen molar-refractivity contribution in [1.29, 1.82) is 0 Å². The number of benzene rings is 2. The lowest BCUT2D eigenvalue weighted by molar-refractivity contribution is 0.576. The molecule has 1 atom stereocenters. The SMILES string of the molecule is Cc1cc(S(=O)Cc2ccc(F)cc2F)ccc1N. The van der Waals surface area contributed by atoms with Gasteiger partial charge in [0, 0.05) is 22.2 Å². The molecule has 1 unspecified atom stereocenters. The summed E-state index contributed by atoms with van der Waals surface area (Å²) < 4.78 is 38.4. The lowest BCUT2D eigenvalue weighted by Gasteiger charge is -2.06. The van der Waals surface area contributed by atoms with Crippen LogP contribution in [-0.2, 0) is 16.6 Å². The van der Waals surface area contributed by atoms with Crippen molar-refractivity contribution in [3.05, 3.63) is 59.2 Å². The number of anilines is 1. The number of nitrogens with two attached hydrogens (primary N) is 1. The van der Waals surface area contributed by atoms with Crippen LogP contribution in [0.15, 0.2) is 41.3 Å². The van der Waals surface area contributed by atoms with E-state index < -0.39 is 22.4 Å². The first kappa shape index (κ1) is 13.7.